The molecule has 1 atom stereocenters. The van der Waals surface area contributed by atoms with E-state index in [-0.39, 0.29) is 23.3 Å². The summed E-state index contributed by atoms with van der Waals surface area (Å²) >= 11 is 0. The number of nitrogens with zero attached hydrogens (tertiary/aromatic N) is 4. The van der Waals surface area contributed by atoms with Gasteiger partial charge in [-0.3, -0.25) is 14.6 Å². The van der Waals surface area contributed by atoms with Crippen molar-refractivity contribution in [3.63, 3.8) is 0 Å². The average molecular weight is 514 g/mol. The van der Waals surface area contributed by atoms with Gasteiger partial charge in [0.1, 0.15) is 0 Å². The highest BCUT2D eigenvalue weighted by Gasteiger charge is 2.31. The second kappa shape index (κ2) is 10.5. The Labute approximate surface area is 211 Å². The smallest absolute Gasteiger partial charge is 0.417 e. The highest BCUT2D eigenvalue weighted by molar-refractivity contribution is 6.05. The summed E-state index contributed by atoms with van der Waals surface area (Å²) < 4.78 is 44.8. The number of esters is 1. The van der Waals surface area contributed by atoms with Crippen LogP contribution in [0, 0.1) is 19.8 Å². The van der Waals surface area contributed by atoms with E-state index in [1.165, 1.54) is 16.9 Å². The van der Waals surface area contributed by atoms with Gasteiger partial charge in [0.2, 0.25) is 0 Å². The molecule has 0 aromatic carbocycles. The van der Waals surface area contributed by atoms with Crippen molar-refractivity contribution in [3.8, 4) is 5.82 Å². The average Bonchev–Trinajstić information content (AvgIpc) is 3.25. The molecule has 0 radical (unpaired) electrons. The lowest BCUT2D eigenvalue weighted by atomic mass is 9.87. The van der Waals surface area contributed by atoms with Crippen LogP contribution in [0.2, 0.25) is 0 Å². The lowest BCUT2D eigenvalue weighted by molar-refractivity contribution is -0.148. The third-order valence-corrected chi connectivity index (χ3v) is 6.22. The first-order valence-electron chi connectivity index (χ1n) is 11.8. The van der Waals surface area contributed by atoms with Crippen molar-refractivity contribution >= 4 is 23.1 Å². The normalized spacial score (nSPS) is 15.7. The van der Waals surface area contributed by atoms with Crippen LogP contribution in [0.4, 0.5) is 18.9 Å². The van der Waals surface area contributed by atoms with Crippen LogP contribution in [0.5, 0.6) is 0 Å². The van der Waals surface area contributed by atoms with Crippen molar-refractivity contribution in [2.45, 2.75) is 46.2 Å². The van der Waals surface area contributed by atoms with Gasteiger partial charge in [-0.2, -0.15) is 18.3 Å². The third-order valence-electron chi connectivity index (χ3n) is 6.22. The zero-order valence-electron chi connectivity index (χ0n) is 20.6. The third kappa shape index (κ3) is 5.71. The standard InChI is InChI=1S/C26H26F3N5O3/c1-4-37-25(36)18-7-5-17(6-8-18)23-15(2)11-20(13-31-23)33-24(35)21-14-32-34(16(21)3)22-10-9-19(12-30-22)26(27,28)29/h5,9-14,18H,4,6-8H2,1-3H3,(H,33,35). The molecule has 1 aliphatic carbocycles. The Morgan fingerprint density at radius 2 is 1.95 bits per heavy atom. The first-order chi connectivity index (χ1) is 17.6. The number of nitrogens with one attached hydrogen (secondary N) is 1. The fourth-order valence-corrected chi connectivity index (χ4v) is 4.24. The van der Waals surface area contributed by atoms with Crippen LogP contribution in [0.1, 0.15) is 59.1 Å². The summed E-state index contributed by atoms with van der Waals surface area (Å²) in [4.78, 5) is 33.2. The van der Waals surface area contributed by atoms with Crippen molar-refractivity contribution in [2.75, 3.05) is 11.9 Å². The minimum Gasteiger partial charge on any atom is -0.466 e. The molecule has 8 nitrogen and oxygen atoms in total. The molecule has 0 spiro atoms. The molecule has 3 aromatic rings. The second-order valence-corrected chi connectivity index (χ2v) is 8.75. The Hall–Kier alpha value is -4.02. The van der Waals surface area contributed by atoms with Gasteiger partial charge >= 0.3 is 12.1 Å². The van der Waals surface area contributed by atoms with Crippen molar-refractivity contribution in [1.29, 1.82) is 0 Å². The van der Waals surface area contributed by atoms with Crippen LogP contribution in [0.3, 0.4) is 0 Å². The molecule has 0 aliphatic heterocycles. The topological polar surface area (TPSA) is 99.0 Å². The zero-order valence-corrected chi connectivity index (χ0v) is 20.6. The molecule has 0 fully saturated rings. The maximum absolute atomic E-state index is 12.9. The Kier molecular flexibility index (Phi) is 7.42. The van der Waals surface area contributed by atoms with Crippen LogP contribution in [0.15, 0.2) is 42.9 Å². The van der Waals surface area contributed by atoms with E-state index in [0.29, 0.717) is 37.3 Å². The van der Waals surface area contributed by atoms with Crippen LogP contribution in [-0.4, -0.2) is 38.2 Å². The summed E-state index contributed by atoms with van der Waals surface area (Å²) in [7, 11) is 0. The number of hydrogen-bond acceptors (Lipinski definition) is 6. The SMILES string of the molecule is CCOC(=O)C1CC=C(c2ncc(NC(=O)c3cnn(-c4ccc(C(F)(F)F)cn4)c3C)cc2C)CC1. The number of hydrogen-bond donors (Lipinski definition) is 1. The van der Waals surface area contributed by atoms with E-state index in [0.717, 1.165) is 29.1 Å². The first-order valence-corrected chi connectivity index (χ1v) is 11.8. The molecule has 0 bridgehead atoms. The van der Waals surface area contributed by atoms with E-state index in [2.05, 4.69) is 20.4 Å². The lowest BCUT2D eigenvalue weighted by Crippen LogP contribution is -2.19. The van der Waals surface area contributed by atoms with E-state index in [9.17, 15) is 22.8 Å². The highest BCUT2D eigenvalue weighted by Crippen LogP contribution is 2.32. The number of carbonyl (C=O) groups is 2. The van der Waals surface area contributed by atoms with Gasteiger partial charge in [0.15, 0.2) is 5.82 Å². The van der Waals surface area contributed by atoms with Gasteiger partial charge in [0, 0.05) is 6.20 Å². The summed E-state index contributed by atoms with van der Waals surface area (Å²) in [6.07, 6.45) is 3.17. The van der Waals surface area contributed by atoms with Crippen LogP contribution in [-0.2, 0) is 15.7 Å². The predicted octanol–water partition coefficient (Wildman–Crippen LogP) is 5.30. The number of amides is 1. The molecule has 4 rings (SSSR count). The van der Waals surface area contributed by atoms with E-state index >= 15 is 0 Å². The van der Waals surface area contributed by atoms with Gasteiger partial charge in [-0.25, -0.2) is 9.67 Å². The molecule has 11 heteroatoms. The number of anilines is 1. The van der Waals surface area contributed by atoms with E-state index < -0.39 is 17.6 Å². The van der Waals surface area contributed by atoms with Gasteiger partial charge in [0.25, 0.3) is 5.91 Å². The predicted molar refractivity (Wildman–Crippen MR) is 130 cm³/mol. The minimum absolute atomic E-state index is 0.135. The van der Waals surface area contributed by atoms with Crippen LogP contribution >= 0.6 is 0 Å². The quantitative estimate of drug-likeness (QED) is 0.450. The fourth-order valence-electron chi connectivity index (χ4n) is 4.24. The van der Waals surface area contributed by atoms with Gasteiger partial charge in [-0.15, -0.1) is 0 Å². The maximum atomic E-state index is 12.9. The fraction of sp³-hybridized carbons (Fsp3) is 0.346. The number of carbonyl (C=O) groups excluding carboxylic acids is 2. The molecule has 194 valence electrons. The summed E-state index contributed by atoms with van der Waals surface area (Å²) in [6, 6.07) is 3.93. The summed E-state index contributed by atoms with van der Waals surface area (Å²) in [6.45, 7) is 5.69. The monoisotopic (exact) mass is 513 g/mol. The Balaban J connectivity index is 1.45. The Morgan fingerprint density at radius 1 is 1.16 bits per heavy atom. The van der Waals surface area contributed by atoms with Gasteiger partial charge in [-0.1, -0.05) is 6.08 Å². The zero-order chi connectivity index (χ0) is 26.7. The first kappa shape index (κ1) is 26.1. The molecule has 1 unspecified atom stereocenters. The molecule has 1 amide bonds. The molecule has 37 heavy (non-hydrogen) atoms. The number of aryl methyl sites for hydroxylation is 1. The maximum Gasteiger partial charge on any atom is 0.417 e. The number of allylic oxidation sites excluding steroid dienone is 2. The lowest BCUT2D eigenvalue weighted by Gasteiger charge is -2.21. The molecule has 3 heterocycles. The van der Waals surface area contributed by atoms with Crippen molar-refractivity contribution in [3.05, 3.63) is 70.9 Å². The number of rotatable bonds is 6. The van der Waals surface area contributed by atoms with E-state index in [1.807, 2.05) is 19.1 Å². The van der Waals surface area contributed by atoms with Crippen molar-refractivity contribution in [2.24, 2.45) is 5.92 Å². The molecule has 1 aliphatic rings. The molecule has 0 saturated heterocycles. The Morgan fingerprint density at radius 3 is 2.54 bits per heavy atom. The van der Waals surface area contributed by atoms with E-state index in [4.69, 9.17) is 4.74 Å². The number of alkyl halides is 3. The number of aromatic nitrogens is 4. The second-order valence-electron chi connectivity index (χ2n) is 8.75. The van der Waals surface area contributed by atoms with Gasteiger partial charge in [-0.05, 0) is 69.4 Å². The van der Waals surface area contributed by atoms with Crippen LogP contribution in [0.25, 0.3) is 11.4 Å². The summed E-state index contributed by atoms with van der Waals surface area (Å²) in [5, 5.41) is 6.91. The minimum atomic E-state index is -4.49. The Bertz CT molecular complexity index is 1350. The number of pyridine rings is 2. The molecule has 0 saturated carbocycles. The summed E-state index contributed by atoms with van der Waals surface area (Å²) in [5.74, 6) is -0.575. The number of ether oxygens (including phenoxy) is 1. The van der Waals surface area contributed by atoms with Crippen molar-refractivity contribution in [1.82, 2.24) is 19.7 Å². The molecular weight excluding hydrogens is 487 g/mol. The molecule has 1 N–H and O–H groups in total. The number of halogens is 3. The largest absolute Gasteiger partial charge is 0.466 e. The van der Waals surface area contributed by atoms with Gasteiger partial charge < -0.3 is 10.1 Å². The summed E-state index contributed by atoms with van der Waals surface area (Å²) in [5.41, 5.74) is 3.05. The highest BCUT2D eigenvalue weighted by atomic mass is 19.4. The van der Waals surface area contributed by atoms with Crippen LogP contribution < -0.4 is 5.32 Å². The molecule has 3 aromatic heterocycles. The van der Waals surface area contributed by atoms with Gasteiger partial charge in [0.05, 0.1) is 53.1 Å². The molecular formula is C26H26F3N5O3. The van der Waals surface area contributed by atoms with E-state index in [1.54, 1.807) is 20.0 Å². The van der Waals surface area contributed by atoms with Crippen molar-refractivity contribution < 1.29 is 27.5 Å².